The minimum Gasteiger partial charge on any atom is -0.478 e. The summed E-state index contributed by atoms with van der Waals surface area (Å²) in [5.41, 5.74) is 0.875. The highest BCUT2D eigenvalue weighted by Gasteiger charge is 2.29. The number of rotatable bonds is 3. The van der Waals surface area contributed by atoms with Gasteiger partial charge in [0.1, 0.15) is 0 Å². The van der Waals surface area contributed by atoms with Crippen LogP contribution < -0.4 is 4.90 Å². The maximum Gasteiger partial charge on any atom is 0.335 e. The van der Waals surface area contributed by atoms with E-state index in [0.717, 1.165) is 11.3 Å². The third kappa shape index (κ3) is 3.33. The highest BCUT2D eigenvalue weighted by molar-refractivity contribution is 5.96. The van der Waals surface area contributed by atoms with E-state index in [2.05, 4.69) is 0 Å². The fourth-order valence-electron chi connectivity index (χ4n) is 2.59. The zero-order chi connectivity index (χ0) is 15.8. The molecule has 114 valence electrons. The number of hydrogen-bond donors (Lipinski definition) is 2. The number of amides is 2. The van der Waals surface area contributed by atoms with Crippen molar-refractivity contribution in [2.75, 3.05) is 25.0 Å². The summed E-state index contributed by atoms with van der Waals surface area (Å²) in [5.74, 6) is -0.971. The predicted molar refractivity (Wildman–Crippen MR) is 78.8 cm³/mol. The third-order valence-corrected chi connectivity index (χ3v) is 3.40. The van der Waals surface area contributed by atoms with Crippen LogP contribution in [0, 0.1) is 0 Å². The number of anilines is 1. The molecule has 2 amide bonds. The molecule has 1 aliphatic rings. The summed E-state index contributed by atoms with van der Waals surface area (Å²) in [4.78, 5) is 26.5. The van der Waals surface area contributed by atoms with Gasteiger partial charge in [0.25, 0.3) is 0 Å². The molecule has 0 bridgehead atoms. The van der Waals surface area contributed by atoms with Gasteiger partial charge in [-0.25, -0.2) is 9.59 Å². The van der Waals surface area contributed by atoms with E-state index in [1.54, 1.807) is 37.9 Å². The van der Waals surface area contributed by atoms with Gasteiger partial charge in [-0.05, 0) is 44.0 Å². The van der Waals surface area contributed by atoms with E-state index in [9.17, 15) is 14.7 Å². The Kier molecular flexibility index (Phi) is 3.91. The Morgan fingerprint density at radius 1 is 1.38 bits per heavy atom. The molecule has 1 heterocycles. The number of benzene rings is 1. The second-order valence-electron chi connectivity index (χ2n) is 6.00. The lowest BCUT2D eigenvalue weighted by Gasteiger charge is -2.29. The van der Waals surface area contributed by atoms with Crippen LogP contribution in [0.3, 0.4) is 0 Å². The first-order valence-corrected chi connectivity index (χ1v) is 6.80. The Bertz CT molecular complexity index is 578. The molecule has 21 heavy (non-hydrogen) atoms. The lowest BCUT2D eigenvalue weighted by molar-refractivity contribution is 0.0542. The van der Waals surface area contributed by atoms with Gasteiger partial charge in [0.2, 0.25) is 0 Å². The van der Waals surface area contributed by atoms with E-state index >= 15 is 0 Å². The summed E-state index contributed by atoms with van der Waals surface area (Å²) in [6.07, 6.45) is 0.637. The monoisotopic (exact) mass is 292 g/mol. The fraction of sp³-hybridized carbons (Fsp3) is 0.467. The lowest BCUT2D eigenvalue weighted by Crippen LogP contribution is -2.46. The van der Waals surface area contributed by atoms with Gasteiger partial charge >= 0.3 is 12.0 Å². The number of urea groups is 1. The molecule has 6 nitrogen and oxygen atoms in total. The Morgan fingerprint density at radius 3 is 2.62 bits per heavy atom. The van der Waals surface area contributed by atoms with E-state index in [0.29, 0.717) is 13.0 Å². The van der Waals surface area contributed by atoms with Crippen LogP contribution in [0.25, 0.3) is 0 Å². The second-order valence-corrected chi connectivity index (χ2v) is 6.00. The first-order chi connectivity index (χ1) is 9.69. The first kappa shape index (κ1) is 15.3. The molecule has 2 rings (SSSR count). The number of aliphatic hydroxyl groups is 1. The molecule has 1 aliphatic heterocycles. The summed E-state index contributed by atoms with van der Waals surface area (Å²) in [6, 6.07) is 4.59. The summed E-state index contributed by atoms with van der Waals surface area (Å²) in [5, 5.41) is 18.8. The van der Waals surface area contributed by atoms with Crippen LogP contribution in [0.15, 0.2) is 18.2 Å². The van der Waals surface area contributed by atoms with Crippen molar-refractivity contribution in [1.82, 2.24) is 4.90 Å². The van der Waals surface area contributed by atoms with Gasteiger partial charge in [0, 0.05) is 19.3 Å². The molecule has 0 atom stereocenters. The number of carbonyl (C=O) groups excluding carboxylic acids is 1. The Balaban J connectivity index is 2.19. The zero-order valence-electron chi connectivity index (χ0n) is 12.5. The van der Waals surface area contributed by atoms with Crippen LogP contribution >= 0.6 is 0 Å². The van der Waals surface area contributed by atoms with E-state index in [-0.39, 0.29) is 18.1 Å². The van der Waals surface area contributed by atoms with Crippen LogP contribution in [-0.2, 0) is 6.42 Å². The summed E-state index contributed by atoms with van der Waals surface area (Å²) >= 11 is 0. The number of fused-ring (bicyclic) bond motifs is 1. The van der Waals surface area contributed by atoms with Gasteiger partial charge < -0.3 is 15.1 Å². The molecular weight excluding hydrogens is 272 g/mol. The van der Waals surface area contributed by atoms with E-state index in [4.69, 9.17) is 5.11 Å². The molecule has 1 aromatic carbocycles. The van der Waals surface area contributed by atoms with Crippen molar-refractivity contribution in [3.8, 4) is 0 Å². The highest BCUT2D eigenvalue weighted by Crippen LogP contribution is 2.29. The molecular formula is C15H20N2O4. The van der Waals surface area contributed by atoms with Crippen molar-refractivity contribution in [3.05, 3.63) is 29.3 Å². The Labute approximate surface area is 123 Å². The molecule has 0 saturated carbocycles. The minimum atomic E-state index is -0.971. The maximum absolute atomic E-state index is 12.4. The third-order valence-electron chi connectivity index (χ3n) is 3.40. The summed E-state index contributed by atoms with van der Waals surface area (Å²) in [6.45, 7) is 4.04. The van der Waals surface area contributed by atoms with Gasteiger partial charge in [-0.3, -0.25) is 4.90 Å². The van der Waals surface area contributed by atoms with Crippen LogP contribution in [0.4, 0.5) is 10.5 Å². The fourth-order valence-corrected chi connectivity index (χ4v) is 2.59. The molecule has 0 aliphatic carbocycles. The number of hydrogen-bond acceptors (Lipinski definition) is 3. The van der Waals surface area contributed by atoms with Crippen molar-refractivity contribution >= 4 is 17.7 Å². The van der Waals surface area contributed by atoms with E-state index < -0.39 is 11.6 Å². The largest absolute Gasteiger partial charge is 0.478 e. The molecule has 0 aromatic heterocycles. The number of nitrogens with zero attached hydrogens (tertiary/aromatic N) is 2. The van der Waals surface area contributed by atoms with Crippen LogP contribution in [0.2, 0.25) is 0 Å². The number of carboxylic acids is 1. The van der Waals surface area contributed by atoms with Crippen LogP contribution in [-0.4, -0.2) is 52.9 Å². The summed E-state index contributed by atoms with van der Waals surface area (Å²) < 4.78 is 0. The molecule has 0 unspecified atom stereocenters. The number of carbonyl (C=O) groups is 2. The van der Waals surface area contributed by atoms with Crippen molar-refractivity contribution in [2.45, 2.75) is 25.9 Å². The highest BCUT2D eigenvalue weighted by atomic mass is 16.4. The van der Waals surface area contributed by atoms with Crippen molar-refractivity contribution in [1.29, 1.82) is 0 Å². The average Bonchev–Trinajstić information content (AvgIpc) is 2.78. The van der Waals surface area contributed by atoms with E-state index in [1.165, 1.54) is 11.0 Å². The standard InChI is InChI=1S/C15H20N2O4/c1-15(2,21)9-16(3)14(20)17-7-6-10-8-11(13(18)19)4-5-12(10)17/h4-5,8,21H,6-7,9H2,1-3H3,(H,18,19). The zero-order valence-corrected chi connectivity index (χ0v) is 12.5. The maximum atomic E-state index is 12.4. The van der Waals surface area contributed by atoms with Crippen molar-refractivity contribution in [3.63, 3.8) is 0 Å². The summed E-state index contributed by atoms with van der Waals surface area (Å²) in [7, 11) is 1.64. The van der Waals surface area contributed by atoms with Crippen molar-refractivity contribution in [2.24, 2.45) is 0 Å². The SMILES string of the molecule is CN(CC(C)(C)O)C(=O)N1CCc2cc(C(=O)O)ccc21. The van der Waals surface area contributed by atoms with Crippen molar-refractivity contribution < 1.29 is 19.8 Å². The van der Waals surface area contributed by atoms with Gasteiger partial charge in [-0.15, -0.1) is 0 Å². The van der Waals surface area contributed by atoms with Crippen LogP contribution in [0.5, 0.6) is 0 Å². The van der Waals surface area contributed by atoms with Gasteiger partial charge in [-0.1, -0.05) is 0 Å². The number of aromatic carboxylic acids is 1. The Morgan fingerprint density at radius 2 is 2.05 bits per heavy atom. The van der Waals surface area contributed by atoms with Gasteiger partial charge in [0.15, 0.2) is 0 Å². The normalized spacial score (nSPS) is 14.0. The molecule has 6 heteroatoms. The molecule has 0 saturated heterocycles. The second kappa shape index (κ2) is 5.37. The number of carboxylic acid groups (broad SMARTS) is 1. The Hall–Kier alpha value is -2.08. The number of likely N-dealkylation sites (N-methyl/N-ethyl adjacent to an activating group) is 1. The molecule has 0 fully saturated rings. The smallest absolute Gasteiger partial charge is 0.335 e. The van der Waals surface area contributed by atoms with Gasteiger partial charge in [0.05, 0.1) is 17.7 Å². The molecule has 0 spiro atoms. The minimum absolute atomic E-state index is 0.195. The average molecular weight is 292 g/mol. The topological polar surface area (TPSA) is 81.1 Å². The lowest BCUT2D eigenvalue weighted by atomic mass is 10.1. The van der Waals surface area contributed by atoms with E-state index in [1.807, 2.05) is 0 Å². The predicted octanol–water partition coefficient (Wildman–Crippen LogP) is 1.57. The quantitative estimate of drug-likeness (QED) is 0.886. The first-order valence-electron chi connectivity index (χ1n) is 6.80. The van der Waals surface area contributed by atoms with Gasteiger partial charge in [-0.2, -0.15) is 0 Å². The molecule has 1 aromatic rings. The molecule has 0 radical (unpaired) electrons. The molecule has 2 N–H and O–H groups in total. The van der Waals surface area contributed by atoms with Crippen LogP contribution in [0.1, 0.15) is 29.8 Å².